The second-order valence-electron chi connectivity index (χ2n) is 3.35. The van der Waals surface area contributed by atoms with Gasteiger partial charge in [-0.05, 0) is 10.8 Å². The number of fused-ring (bicyclic) bond motifs is 1. The molecular formula is C10H8BNO4. The largest absolute Gasteiger partial charge is 0.489 e. The molecule has 2 rings (SSSR count). The van der Waals surface area contributed by atoms with Gasteiger partial charge in [-0.3, -0.25) is 10.1 Å². The summed E-state index contributed by atoms with van der Waals surface area (Å²) in [6, 6.07) is 9.37. The monoisotopic (exact) mass is 217 g/mol. The zero-order valence-corrected chi connectivity index (χ0v) is 8.20. The van der Waals surface area contributed by atoms with Gasteiger partial charge in [-0.25, -0.2) is 0 Å². The highest BCUT2D eigenvalue weighted by Gasteiger charge is 2.21. The Labute approximate surface area is 91.2 Å². The van der Waals surface area contributed by atoms with Crippen molar-refractivity contribution in [3.8, 4) is 0 Å². The third kappa shape index (κ3) is 1.64. The summed E-state index contributed by atoms with van der Waals surface area (Å²) in [4.78, 5) is 10.3. The Balaban J connectivity index is 2.87. The van der Waals surface area contributed by atoms with Gasteiger partial charge < -0.3 is 10.0 Å². The first-order valence-corrected chi connectivity index (χ1v) is 4.63. The highest BCUT2D eigenvalue weighted by atomic mass is 16.6. The van der Waals surface area contributed by atoms with E-state index in [9.17, 15) is 10.1 Å². The van der Waals surface area contributed by atoms with Gasteiger partial charge in [-0.2, -0.15) is 0 Å². The quantitative estimate of drug-likeness (QED) is 0.434. The van der Waals surface area contributed by atoms with Gasteiger partial charge in [0, 0.05) is 6.07 Å². The minimum atomic E-state index is -1.72. The average Bonchev–Trinajstić information content (AvgIpc) is 2.27. The standard InChI is InChI=1S/C10H8BNO4/c13-11(14)8-5-1-3-7-4-2-6-9(10(7)8)12(15)16/h1-6,13-14H. The molecule has 0 unspecified atom stereocenters. The minimum absolute atomic E-state index is 0.124. The van der Waals surface area contributed by atoms with Crippen LogP contribution in [0.1, 0.15) is 0 Å². The van der Waals surface area contributed by atoms with E-state index < -0.39 is 12.0 Å². The third-order valence-electron chi connectivity index (χ3n) is 2.39. The number of non-ortho nitro benzene ring substituents is 1. The zero-order valence-electron chi connectivity index (χ0n) is 8.20. The summed E-state index contributed by atoms with van der Waals surface area (Å²) in [6.45, 7) is 0. The van der Waals surface area contributed by atoms with Crippen LogP contribution in [0.25, 0.3) is 10.8 Å². The van der Waals surface area contributed by atoms with Crippen molar-refractivity contribution in [2.45, 2.75) is 0 Å². The van der Waals surface area contributed by atoms with E-state index >= 15 is 0 Å². The van der Waals surface area contributed by atoms with E-state index in [1.165, 1.54) is 12.1 Å². The number of hydrogen-bond donors (Lipinski definition) is 2. The minimum Gasteiger partial charge on any atom is -0.423 e. The lowest BCUT2D eigenvalue weighted by Gasteiger charge is -2.05. The Morgan fingerprint density at radius 2 is 1.75 bits per heavy atom. The van der Waals surface area contributed by atoms with Crippen LogP contribution in [-0.2, 0) is 0 Å². The molecule has 80 valence electrons. The Kier molecular flexibility index (Phi) is 2.60. The van der Waals surface area contributed by atoms with Crippen LogP contribution in [0.3, 0.4) is 0 Å². The van der Waals surface area contributed by atoms with Gasteiger partial charge in [0.05, 0.1) is 10.3 Å². The molecule has 0 saturated carbocycles. The van der Waals surface area contributed by atoms with Crippen LogP contribution in [0.4, 0.5) is 5.69 Å². The molecule has 0 amide bonds. The third-order valence-corrected chi connectivity index (χ3v) is 2.39. The van der Waals surface area contributed by atoms with Crippen LogP contribution in [-0.4, -0.2) is 22.1 Å². The van der Waals surface area contributed by atoms with Gasteiger partial charge in [-0.1, -0.05) is 30.3 Å². The molecular weight excluding hydrogens is 209 g/mol. The van der Waals surface area contributed by atoms with Gasteiger partial charge in [0.1, 0.15) is 0 Å². The molecule has 6 heteroatoms. The molecule has 0 fully saturated rings. The van der Waals surface area contributed by atoms with Crippen LogP contribution in [0.5, 0.6) is 0 Å². The summed E-state index contributed by atoms with van der Waals surface area (Å²) >= 11 is 0. The summed E-state index contributed by atoms with van der Waals surface area (Å²) < 4.78 is 0. The van der Waals surface area contributed by atoms with E-state index in [-0.39, 0.29) is 16.5 Å². The molecule has 0 atom stereocenters. The SMILES string of the molecule is O=[N+]([O-])c1cccc2cccc(B(O)O)c12. The smallest absolute Gasteiger partial charge is 0.423 e. The average molecular weight is 217 g/mol. The van der Waals surface area contributed by atoms with Crippen molar-refractivity contribution in [1.82, 2.24) is 0 Å². The molecule has 0 aliphatic rings. The number of rotatable bonds is 2. The van der Waals surface area contributed by atoms with Crippen molar-refractivity contribution >= 4 is 29.0 Å². The molecule has 0 bridgehead atoms. The second kappa shape index (κ2) is 3.92. The first kappa shape index (κ1) is 10.6. The Hall–Kier alpha value is -1.92. The first-order chi connectivity index (χ1) is 7.61. The van der Waals surface area contributed by atoms with Gasteiger partial charge in [0.2, 0.25) is 0 Å². The van der Waals surface area contributed by atoms with Crippen LogP contribution in [0.2, 0.25) is 0 Å². The van der Waals surface area contributed by atoms with E-state index in [2.05, 4.69) is 0 Å². The molecule has 0 radical (unpaired) electrons. The summed E-state index contributed by atoms with van der Waals surface area (Å²) in [5.74, 6) is 0. The van der Waals surface area contributed by atoms with Gasteiger partial charge in [0.25, 0.3) is 5.69 Å². The highest BCUT2D eigenvalue weighted by Crippen LogP contribution is 2.23. The zero-order chi connectivity index (χ0) is 11.7. The lowest BCUT2D eigenvalue weighted by atomic mass is 9.77. The number of nitro groups is 1. The summed E-state index contributed by atoms with van der Waals surface area (Å²) in [5.41, 5.74) is 0.0194. The maximum atomic E-state index is 10.8. The van der Waals surface area contributed by atoms with Crippen LogP contribution < -0.4 is 5.46 Å². The summed E-state index contributed by atoms with van der Waals surface area (Å²) in [7, 11) is -1.72. The summed E-state index contributed by atoms with van der Waals surface area (Å²) in [6.07, 6.45) is 0. The lowest BCUT2D eigenvalue weighted by Crippen LogP contribution is -2.30. The van der Waals surface area contributed by atoms with Crippen LogP contribution in [0.15, 0.2) is 36.4 Å². The topological polar surface area (TPSA) is 83.6 Å². The number of hydrogen-bond acceptors (Lipinski definition) is 4. The normalized spacial score (nSPS) is 10.4. The van der Waals surface area contributed by atoms with E-state index in [1.54, 1.807) is 24.3 Å². The van der Waals surface area contributed by atoms with E-state index in [0.717, 1.165) is 0 Å². The molecule has 0 aliphatic carbocycles. The van der Waals surface area contributed by atoms with Crippen molar-refractivity contribution < 1.29 is 15.0 Å². The molecule has 2 aromatic rings. The summed E-state index contributed by atoms with van der Waals surface area (Å²) in [5, 5.41) is 30.0. The van der Waals surface area contributed by atoms with Crippen molar-refractivity contribution in [2.75, 3.05) is 0 Å². The Bertz CT molecular complexity index is 550. The first-order valence-electron chi connectivity index (χ1n) is 4.63. The highest BCUT2D eigenvalue weighted by molar-refractivity contribution is 6.62. The van der Waals surface area contributed by atoms with E-state index in [1.807, 2.05) is 0 Å². The Morgan fingerprint density at radius 1 is 1.12 bits per heavy atom. The van der Waals surface area contributed by atoms with Crippen LogP contribution >= 0.6 is 0 Å². The van der Waals surface area contributed by atoms with Crippen molar-refractivity contribution in [3.05, 3.63) is 46.5 Å². The van der Waals surface area contributed by atoms with Crippen molar-refractivity contribution in [2.24, 2.45) is 0 Å². The number of nitrogens with zero attached hydrogens (tertiary/aromatic N) is 1. The molecule has 5 nitrogen and oxygen atoms in total. The van der Waals surface area contributed by atoms with E-state index in [4.69, 9.17) is 10.0 Å². The molecule has 0 spiro atoms. The molecule has 0 aliphatic heterocycles. The fraction of sp³-hybridized carbons (Fsp3) is 0. The van der Waals surface area contributed by atoms with E-state index in [0.29, 0.717) is 5.39 Å². The maximum Gasteiger partial charge on any atom is 0.489 e. The molecule has 0 aromatic heterocycles. The van der Waals surface area contributed by atoms with Gasteiger partial charge >= 0.3 is 7.12 Å². The molecule has 2 aromatic carbocycles. The van der Waals surface area contributed by atoms with Crippen LogP contribution in [0, 0.1) is 10.1 Å². The fourth-order valence-corrected chi connectivity index (χ4v) is 1.72. The molecule has 16 heavy (non-hydrogen) atoms. The number of nitro benzene ring substituents is 1. The second-order valence-corrected chi connectivity index (χ2v) is 3.35. The van der Waals surface area contributed by atoms with Crippen molar-refractivity contribution in [3.63, 3.8) is 0 Å². The lowest BCUT2D eigenvalue weighted by molar-refractivity contribution is -0.383. The van der Waals surface area contributed by atoms with Gasteiger partial charge in [-0.15, -0.1) is 0 Å². The predicted octanol–water partition coefficient (Wildman–Crippen LogP) is 0.428. The van der Waals surface area contributed by atoms with Gasteiger partial charge in [0.15, 0.2) is 0 Å². The predicted molar refractivity (Wildman–Crippen MR) is 60.4 cm³/mol. The Morgan fingerprint density at radius 3 is 2.31 bits per heavy atom. The maximum absolute atomic E-state index is 10.8. The fourth-order valence-electron chi connectivity index (χ4n) is 1.72. The van der Waals surface area contributed by atoms with Crippen molar-refractivity contribution in [1.29, 1.82) is 0 Å². The molecule has 2 N–H and O–H groups in total. The number of benzene rings is 2. The molecule has 0 heterocycles. The molecule has 0 saturated heterocycles.